The van der Waals surface area contributed by atoms with Crippen LogP contribution < -0.4 is 0 Å². The summed E-state index contributed by atoms with van der Waals surface area (Å²) in [5.41, 5.74) is 1.05. The molecule has 0 bridgehead atoms. The highest BCUT2D eigenvalue weighted by molar-refractivity contribution is 5.80. The van der Waals surface area contributed by atoms with Crippen molar-refractivity contribution >= 4 is 5.97 Å². The maximum atomic E-state index is 10.9. The summed E-state index contributed by atoms with van der Waals surface area (Å²) in [6.07, 6.45) is 18.3. The van der Waals surface area contributed by atoms with Gasteiger partial charge in [-0.3, -0.25) is 0 Å². The van der Waals surface area contributed by atoms with E-state index in [1.165, 1.54) is 37.3 Å². The molecule has 116 valence electrons. The molecule has 0 aliphatic heterocycles. The van der Waals surface area contributed by atoms with Gasteiger partial charge in [0.1, 0.15) is 0 Å². The molecule has 0 saturated heterocycles. The van der Waals surface area contributed by atoms with Crippen molar-refractivity contribution in [2.45, 2.75) is 52.4 Å². The van der Waals surface area contributed by atoms with E-state index in [1.54, 1.807) is 0 Å². The van der Waals surface area contributed by atoms with E-state index in [-0.39, 0.29) is 11.3 Å². The average Bonchev–Trinajstić information content (AvgIpc) is 2.45. The number of aliphatic carboxylic acids is 1. The van der Waals surface area contributed by atoms with Gasteiger partial charge in [0.15, 0.2) is 0 Å². The molecule has 2 heteroatoms. The van der Waals surface area contributed by atoms with Crippen LogP contribution in [-0.2, 0) is 4.79 Å². The molecular formula is C19H28O2. The Morgan fingerprint density at radius 3 is 2.81 bits per heavy atom. The zero-order chi connectivity index (χ0) is 15.7. The molecule has 0 amide bonds. The van der Waals surface area contributed by atoms with Crippen LogP contribution >= 0.6 is 0 Å². The van der Waals surface area contributed by atoms with Crippen molar-refractivity contribution in [1.29, 1.82) is 0 Å². The van der Waals surface area contributed by atoms with Gasteiger partial charge >= 0.3 is 5.97 Å². The minimum Gasteiger partial charge on any atom is -0.478 e. The van der Waals surface area contributed by atoms with Crippen LogP contribution in [0.3, 0.4) is 0 Å². The lowest BCUT2D eigenvalue weighted by Gasteiger charge is -2.36. The minimum absolute atomic E-state index is 0.231. The molecule has 0 aromatic rings. The zero-order valence-electron chi connectivity index (χ0n) is 13.3. The lowest BCUT2D eigenvalue weighted by atomic mass is 9.67. The normalized spacial score (nSPS) is 23.0. The van der Waals surface area contributed by atoms with E-state index in [9.17, 15) is 4.79 Å². The van der Waals surface area contributed by atoms with E-state index in [2.05, 4.69) is 32.6 Å². The fraction of sp³-hybridized carbons (Fsp3) is 0.526. The van der Waals surface area contributed by atoms with Crippen molar-refractivity contribution in [3.05, 3.63) is 48.6 Å². The van der Waals surface area contributed by atoms with Crippen molar-refractivity contribution in [2.75, 3.05) is 0 Å². The molecule has 0 saturated carbocycles. The molecule has 2 unspecified atom stereocenters. The third-order valence-electron chi connectivity index (χ3n) is 4.25. The van der Waals surface area contributed by atoms with Crippen molar-refractivity contribution in [3.8, 4) is 0 Å². The molecule has 2 nitrogen and oxygen atoms in total. The van der Waals surface area contributed by atoms with E-state index in [1.807, 2.05) is 18.2 Å². The van der Waals surface area contributed by atoms with Crippen LogP contribution in [0.5, 0.6) is 0 Å². The standard InChI is InChI=1S/C19H28O2/c1-4-6-7-8-11-17(5-2)19(14-12-18(20)21)13-9-10-16(3)15-19/h5,9-10,12-14,17H,2,4,6-8,11,15H2,1,3H3,(H,20,21). The maximum Gasteiger partial charge on any atom is 0.328 e. The van der Waals surface area contributed by atoms with Crippen molar-refractivity contribution in [2.24, 2.45) is 11.3 Å². The van der Waals surface area contributed by atoms with E-state index in [0.29, 0.717) is 0 Å². The lowest BCUT2D eigenvalue weighted by Crippen LogP contribution is -2.27. The van der Waals surface area contributed by atoms with Crippen LogP contribution in [0, 0.1) is 11.3 Å². The highest BCUT2D eigenvalue weighted by Crippen LogP contribution is 2.43. The second-order valence-electron chi connectivity index (χ2n) is 6.02. The molecule has 1 rings (SSSR count). The number of rotatable bonds is 9. The van der Waals surface area contributed by atoms with Gasteiger partial charge in [-0.05, 0) is 25.7 Å². The van der Waals surface area contributed by atoms with Crippen LogP contribution in [0.1, 0.15) is 52.4 Å². The Balaban J connectivity index is 2.88. The third kappa shape index (κ3) is 5.37. The molecule has 2 atom stereocenters. The van der Waals surface area contributed by atoms with Crippen LogP contribution in [0.15, 0.2) is 48.6 Å². The summed E-state index contributed by atoms with van der Waals surface area (Å²) in [4.78, 5) is 10.9. The first-order valence-electron chi connectivity index (χ1n) is 7.94. The van der Waals surface area contributed by atoms with E-state index in [0.717, 1.165) is 12.8 Å². The van der Waals surface area contributed by atoms with Gasteiger partial charge in [-0.1, -0.05) is 68.6 Å². The Kier molecular flexibility index (Phi) is 7.21. The summed E-state index contributed by atoms with van der Waals surface area (Å²) in [5.74, 6) is -0.603. The van der Waals surface area contributed by atoms with Gasteiger partial charge in [-0.2, -0.15) is 0 Å². The number of carboxylic acid groups (broad SMARTS) is 1. The Hall–Kier alpha value is -1.57. The number of allylic oxidation sites excluding steroid dienone is 6. The first-order chi connectivity index (χ1) is 10.0. The molecule has 0 aromatic carbocycles. The number of carboxylic acids is 1. The Morgan fingerprint density at radius 1 is 1.48 bits per heavy atom. The van der Waals surface area contributed by atoms with Gasteiger partial charge in [-0.15, -0.1) is 6.58 Å². The summed E-state index contributed by atoms with van der Waals surface area (Å²) >= 11 is 0. The van der Waals surface area contributed by atoms with Gasteiger partial charge < -0.3 is 5.11 Å². The SMILES string of the molecule is C=CC(CCCCCC)C1(C=CC(=O)O)C=CC=C(C)C1. The first-order valence-corrected chi connectivity index (χ1v) is 7.94. The summed E-state index contributed by atoms with van der Waals surface area (Å²) < 4.78 is 0. The van der Waals surface area contributed by atoms with Gasteiger partial charge in [0.25, 0.3) is 0 Å². The minimum atomic E-state index is -0.885. The predicted molar refractivity (Wildman–Crippen MR) is 89.2 cm³/mol. The average molecular weight is 288 g/mol. The number of hydrogen-bond donors (Lipinski definition) is 1. The van der Waals surface area contributed by atoms with Gasteiger partial charge in [0.2, 0.25) is 0 Å². The molecule has 0 aromatic heterocycles. The smallest absolute Gasteiger partial charge is 0.328 e. The maximum absolute atomic E-state index is 10.9. The van der Waals surface area contributed by atoms with Crippen LogP contribution in [0.25, 0.3) is 0 Å². The van der Waals surface area contributed by atoms with Gasteiger partial charge in [-0.25, -0.2) is 4.79 Å². The topological polar surface area (TPSA) is 37.3 Å². The molecule has 0 heterocycles. The van der Waals surface area contributed by atoms with Gasteiger partial charge in [0, 0.05) is 11.5 Å². The number of unbranched alkanes of at least 4 members (excludes halogenated alkanes) is 3. The molecule has 0 fully saturated rings. The van der Waals surface area contributed by atoms with Crippen LogP contribution in [0.2, 0.25) is 0 Å². The molecule has 1 N–H and O–H groups in total. The third-order valence-corrected chi connectivity index (χ3v) is 4.25. The van der Waals surface area contributed by atoms with E-state index >= 15 is 0 Å². The zero-order valence-corrected chi connectivity index (χ0v) is 13.3. The van der Waals surface area contributed by atoms with Crippen LogP contribution in [-0.4, -0.2) is 11.1 Å². The summed E-state index contributed by atoms with van der Waals surface area (Å²) in [6, 6.07) is 0. The number of carbonyl (C=O) groups is 1. The summed E-state index contributed by atoms with van der Waals surface area (Å²) in [7, 11) is 0. The summed E-state index contributed by atoms with van der Waals surface area (Å²) in [5, 5.41) is 8.97. The quantitative estimate of drug-likeness (QED) is 0.355. The second kappa shape index (κ2) is 8.66. The summed E-state index contributed by atoms with van der Waals surface area (Å²) in [6.45, 7) is 8.31. The van der Waals surface area contributed by atoms with Crippen LogP contribution in [0.4, 0.5) is 0 Å². The molecule has 21 heavy (non-hydrogen) atoms. The molecular weight excluding hydrogens is 260 g/mol. The van der Waals surface area contributed by atoms with E-state index in [4.69, 9.17) is 5.11 Å². The molecule has 0 spiro atoms. The Morgan fingerprint density at radius 2 is 2.24 bits per heavy atom. The molecule has 0 radical (unpaired) electrons. The fourth-order valence-corrected chi connectivity index (χ4v) is 3.11. The molecule has 1 aliphatic rings. The lowest BCUT2D eigenvalue weighted by molar-refractivity contribution is -0.131. The highest BCUT2D eigenvalue weighted by Gasteiger charge is 2.33. The fourth-order valence-electron chi connectivity index (χ4n) is 3.11. The first kappa shape index (κ1) is 17.5. The molecule has 1 aliphatic carbocycles. The largest absolute Gasteiger partial charge is 0.478 e. The van der Waals surface area contributed by atoms with Gasteiger partial charge in [0.05, 0.1) is 0 Å². The second-order valence-corrected chi connectivity index (χ2v) is 6.02. The Bertz CT molecular complexity index is 442. The number of hydrogen-bond acceptors (Lipinski definition) is 1. The monoisotopic (exact) mass is 288 g/mol. The highest BCUT2D eigenvalue weighted by atomic mass is 16.4. The van der Waals surface area contributed by atoms with E-state index < -0.39 is 5.97 Å². The predicted octanol–water partition coefficient (Wildman–Crippen LogP) is 5.29. The van der Waals surface area contributed by atoms with Crippen molar-refractivity contribution in [3.63, 3.8) is 0 Å². The Labute approximate surface area is 128 Å². The van der Waals surface area contributed by atoms with Crippen molar-refractivity contribution < 1.29 is 9.90 Å². The van der Waals surface area contributed by atoms with Crippen molar-refractivity contribution in [1.82, 2.24) is 0 Å².